The highest BCUT2D eigenvalue weighted by Gasteiger charge is 2.34. The number of hydroxylamine groups is 2. The summed E-state index contributed by atoms with van der Waals surface area (Å²) in [5.74, 6) is 0.508. The molecule has 2 rings (SSSR count). The van der Waals surface area contributed by atoms with Gasteiger partial charge in [0, 0.05) is 6.61 Å². The number of imidazole rings is 1. The first kappa shape index (κ1) is 23.3. The maximum atomic E-state index is 13.2. The third kappa shape index (κ3) is 7.12. The fourth-order valence-corrected chi connectivity index (χ4v) is 3.95. The standard InChI is InChI=1S/C21H36N4O4/c1-5-29-13-17-11-22-19(23-17)18(21(2,3)4)24-20(27)16(12-25(28)14-26)10-15-8-6-7-9-15/h11,14-16,18,28H,5-10,12-13H2,1-4H3,(H,22,23)(H,24,27)/t16?,18-/m1/s1. The molecule has 0 saturated heterocycles. The van der Waals surface area contributed by atoms with Crippen LogP contribution in [0.1, 0.15) is 77.4 Å². The zero-order valence-electron chi connectivity index (χ0n) is 18.1. The van der Waals surface area contributed by atoms with Crippen LogP contribution in [-0.2, 0) is 20.9 Å². The molecule has 0 spiro atoms. The SMILES string of the molecule is CCOCc1cnc([C@@H](NC(=O)C(CC2CCCC2)CN(O)C=O)C(C)(C)C)[nH]1. The molecule has 1 saturated carbocycles. The Hall–Kier alpha value is -1.93. The van der Waals surface area contributed by atoms with Crippen molar-refractivity contribution >= 4 is 12.3 Å². The average molecular weight is 409 g/mol. The van der Waals surface area contributed by atoms with Crippen molar-refractivity contribution in [3.8, 4) is 0 Å². The second-order valence-corrected chi connectivity index (χ2v) is 9.05. The lowest BCUT2D eigenvalue weighted by atomic mass is 9.85. The van der Waals surface area contributed by atoms with Crippen molar-refractivity contribution in [2.45, 2.75) is 72.4 Å². The molecule has 1 unspecified atom stereocenters. The Morgan fingerprint density at radius 3 is 2.72 bits per heavy atom. The van der Waals surface area contributed by atoms with E-state index < -0.39 is 5.92 Å². The Balaban J connectivity index is 2.14. The fraction of sp³-hybridized carbons (Fsp3) is 0.762. The number of aromatic nitrogens is 2. The van der Waals surface area contributed by atoms with Crippen molar-refractivity contribution in [2.24, 2.45) is 17.3 Å². The number of carbonyl (C=O) groups is 2. The van der Waals surface area contributed by atoms with Gasteiger partial charge in [0.05, 0.1) is 37.0 Å². The van der Waals surface area contributed by atoms with Gasteiger partial charge in [-0.2, -0.15) is 0 Å². The molecule has 164 valence electrons. The predicted molar refractivity (Wildman–Crippen MR) is 109 cm³/mol. The van der Waals surface area contributed by atoms with E-state index >= 15 is 0 Å². The van der Waals surface area contributed by atoms with Gasteiger partial charge in [-0.3, -0.25) is 14.8 Å². The molecule has 8 nitrogen and oxygen atoms in total. The number of hydrogen-bond donors (Lipinski definition) is 3. The Morgan fingerprint density at radius 1 is 1.45 bits per heavy atom. The molecule has 0 aliphatic heterocycles. The van der Waals surface area contributed by atoms with E-state index in [1.54, 1.807) is 6.20 Å². The molecule has 1 fully saturated rings. The summed E-state index contributed by atoms with van der Waals surface area (Å²) in [4.78, 5) is 31.8. The summed E-state index contributed by atoms with van der Waals surface area (Å²) in [5, 5.41) is 13.4. The van der Waals surface area contributed by atoms with Crippen molar-refractivity contribution in [3.63, 3.8) is 0 Å². The smallest absolute Gasteiger partial charge is 0.233 e. The first-order valence-electron chi connectivity index (χ1n) is 10.6. The van der Waals surface area contributed by atoms with Gasteiger partial charge in [0.2, 0.25) is 12.3 Å². The van der Waals surface area contributed by atoms with Crippen LogP contribution in [0, 0.1) is 17.3 Å². The number of carbonyl (C=O) groups excluding carboxylic acids is 2. The minimum absolute atomic E-state index is 0.00353. The first-order valence-corrected chi connectivity index (χ1v) is 10.6. The van der Waals surface area contributed by atoms with Crippen molar-refractivity contribution in [1.29, 1.82) is 0 Å². The van der Waals surface area contributed by atoms with Gasteiger partial charge in [0.25, 0.3) is 0 Å². The lowest BCUT2D eigenvalue weighted by Crippen LogP contribution is -2.43. The Bertz CT molecular complexity index is 649. The quantitative estimate of drug-likeness (QED) is 0.296. The highest BCUT2D eigenvalue weighted by Crippen LogP contribution is 2.34. The number of ether oxygens (including phenoxy) is 1. The fourth-order valence-electron chi connectivity index (χ4n) is 3.95. The zero-order chi connectivity index (χ0) is 21.4. The molecule has 2 atom stereocenters. The largest absolute Gasteiger partial charge is 0.375 e. The van der Waals surface area contributed by atoms with E-state index in [1.165, 1.54) is 12.8 Å². The van der Waals surface area contributed by atoms with E-state index in [9.17, 15) is 14.8 Å². The molecule has 1 aliphatic rings. The summed E-state index contributed by atoms with van der Waals surface area (Å²) in [6.45, 7) is 9.11. The lowest BCUT2D eigenvalue weighted by molar-refractivity contribution is -0.155. The minimum atomic E-state index is -0.462. The Morgan fingerprint density at radius 2 is 2.14 bits per heavy atom. The molecule has 0 aromatic carbocycles. The van der Waals surface area contributed by atoms with Crippen LogP contribution in [0.3, 0.4) is 0 Å². The highest BCUT2D eigenvalue weighted by molar-refractivity contribution is 5.79. The van der Waals surface area contributed by atoms with Gasteiger partial charge in [-0.1, -0.05) is 46.5 Å². The Labute approximate surface area is 173 Å². The highest BCUT2D eigenvalue weighted by atomic mass is 16.5. The number of hydrogen-bond acceptors (Lipinski definition) is 5. The van der Waals surface area contributed by atoms with Gasteiger partial charge in [0.15, 0.2) is 0 Å². The Kier molecular flexibility index (Phi) is 8.64. The van der Waals surface area contributed by atoms with Gasteiger partial charge >= 0.3 is 0 Å². The van der Waals surface area contributed by atoms with Crippen LogP contribution < -0.4 is 5.32 Å². The number of H-pyrrole nitrogens is 1. The maximum Gasteiger partial charge on any atom is 0.233 e. The van der Waals surface area contributed by atoms with Crippen LogP contribution >= 0.6 is 0 Å². The molecule has 0 radical (unpaired) electrons. The number of amides is 2. The summed E-state index contributed by atoms with van der Waals surface area (Å²) in [6, 6.07) is -0.333. The second kappa shape index (κ2) is 10.7. The van der Waals surface area contributed by atoms with E-state index in [0.29, 0.717) is 42.9 Å². The first-order chi connectivity index (χ1) is 13.7. The van der Waals surface area contributed by atoms with Crippen molar-refractivity contribution in [3.05, 3.63) is 17.7 Å². The van der Waals surface area contributed by atoms with Crippen molar-refractivity contribution in [1.82, 2.24) is 20.3 Å². The number of nitrogens with zero attached hydrogens (tertiary/aromatic N) is 2. The number of nitrogens with one attached hydrogen (secondary N) is 2. The molecule has 0 bridgehead atoms. The van der Waals surface area contributed by atoms with Crippen LogP contribution in [0.2, 0.25) is 0 Å². The molecule has 1 aromatic rings. The van der Waals surface area contributed by atoms with E-state index in [2.05, 4.69) is 15.3 Å². The van der Waals surface area contributed by atoms with Crippen LogP contribution in [-0.4, -0.2) is 45.7 Å². The number of aromatic amines is 1. The zero-order valence-corrected chi connectivity index (χ0v) is 18.1. The summed E-state index contributed by atoms with van der Waals surface area (Å²) in [7, 11) is 0. The lowest BCUT2D eigenvalue weighted by Gasteiger charge is -2.32. The van der Waals surface area contributed by atoms with Crippen LogP contribution in [0.4, 0.5) is 0 Å². The van der Waals surface area contributed by atoms with E-state index in [4.69, 9.17) is 4.74 Å². The van der Waals surface area contributed by atoms with Gasteiger partial charge < -0.3 is 15.0 Å². The van der Waals surface area contributed by atoms with Crippen LogP contribution in [0.15, 0.2) is 6.20 Å². The summed E-state index contributed by atoms with van der Waals surface area (Å²) >= 11 is 0. The monoisotopic (exact) mass is 408 g/mol. The summed E-state index contributed by atoms with van der Waals surface area (Å²) < 4.78 is 5.42. The molecular weight excluding hydrogens is 372 g/mol. The number of rotatable bonds is 11. The van der Waals surface area contributed by atoms with E-state index in [1.807, 2.05) is 27.7 Å². The average Bonchev–Trinajstić information content (AvgIpc) is 3.34. The molecule has 1 heterocycles. The van der Waals surface area contributed by atoms with Gasteiger partial charge in [-0.25, -0.2) is 10.0 Å². The van der Waals surface area contributed by atoms with Crippen LogP contribution in [0.5, 0.6) is 0 Å². The van der Waals surface area contributed by atoms with E-state index in [0.717, 1.165) is 18.5 Å². The molecule has 1 aliphatic carbocycles. The summed E-state index contributed by atoms with van der Waals surface area (Å²) in [6.07, 6.45) is 7.29. The second-order valence-electron chi connectivity index (χ2n) is 9.05. The van der Waals surface area contributed by atoms with E-state index in [-0.39, 0.29) is 23.9 Å². The maximum absolute atomic E-state index is 13.2. The van der Waals surface area contributed by atoms with Gasteiger partial charge in [0.1, 0.15) is 5.82 Å². The van der Waals surface area contributed by atoms with Gasteiger partial charge in [-0.15, -0.1) is 0 Å². The van der Waals surface area contributed by atoms with Crippen LogP contribution in [0.25, 0.3) is 0 Å². The molecule has 1 aromatic heterocycles. The summed E-state index contributed by atoms with van der Waals surface area (Å²) in [5.41, 5.74) is 0.577. The predicted octanol–water partition coefficient (Wildman–Crippen LogP) is 3.19. The third-order valence-electron chi connectivity index (χ3n) is 5.53. The van der Waals surface area contributed by atoms with Crippen molar-refractivity contribution in [2.75, 3.05) is 13.2 Å². The van der Waals surface area contributed by atoms with Gasteiger partial charge in [-0.05, 0) is 24.7 Å². The molecule has 2 amide bonds. The molecular formula is C21H36N4O4. The normalized spacial score (nSPS) is 17.1. The molecule has 3 N–H and O–H groups in total. The topological polar surface area (TPSA) is 108 Å². The molecule has 8 heteroatoms. The third-order valence-corrected chi connectivity index (χ3v) is 5.53. The minimum Gasteiger partial charge on any atom is -0.375 e. The van der Waals surface area contributed by atoms with Crippen molar-refractivity contribution < 1.29 is 19.5 Å². The molecule has 29 heavy (non-hydrogen) atoms.